The van der Waals surface area contributed by atoms with E-state index in [2.05, 4.69) is 34.2 Å². The van der Waals surface area contributed by atoms with Crippen molar-refractivity contribution in [2.45, 2.75) is 25.8 Å². The summed E-state index contributed by atoms with van der Waals surface area (Å²) in [7, 11) is 0. The van der Waals surface area contributed by atoms with E-state index in [1.54, 1.807) is 11.3 Å². The highest BCUT2D eigenvalue weighted by Gasteiger charge is 2.07. The van der Waals surface area contributed by atoms with Crippen molar-refractivity contribution in [3.8, 4) is 0 Å². The number of hydrogen-bond donors (Lipinski definition) is 2. The molecule has 84 valence electrons. The normalized spacial score (nSPS) is 12.7. The van der Waals surface area contributed by atoms with Gasteiger partial charge < -0.3 is 10.4 Å². The molecule has 0 aliphatic rings. The van der Waals surface area contributed by atoms with Gasteiger partial charge in [-0.3, -0.25) is 4.79 Å². The summed E-state index contributed by atoms with van der Waals surface area (Å²) in [6.45, 7) is 2.82. The zero-order valence-electron chi connectivity index (χ0n) is 8.50. The Morgan fingerprint density at radius 2 is 2.40 bits per heavy atom. The van der Waals surface area contributed by atoms with Crippen LogP contribution in [0.15, 0.2) is 15.9 Å². The van der Waals surface area contributed by atoms with Crippen molar-refractivity contribution in [3.05, 3.63) is 20.8 Å². The fraction of sp³-hybridized carbons (Fsp3) is 0.500. The zero-order chi connectivity index (χ0) is 11.3. The largest absolute Gasteiger partial charge is 0.481 e. The summed E-state index contributed by atoms with van der Waals surface area (Å²) in [5.41, 5.74) is 0. The van der Waals surface area contributed by atoms with Crippen molar-refractivity contribution in [2.75, 3.05) is 6.54 Å². The van der Waals surface area contributed by atoms with Crippen molar-refractivity contribution in [3.63, 3.8) is 0 Å². The van der Waals surface area contributed by atoms with Gasteiger partial charge in [0.25, 0.3) is 0 Å². The van der Waals surface area contributed by atoms with Gasteiger partial charge in [0, 0.05) is 17.3 Å². The Morgan fingerprint density at radius 3 is 2.93 bits per heavy atom. The molecule has 1 aromatic rings. The van der Waals surface area contributed by atoms with Crippen LogP contribution in [-0.4, -0.2) is 17.6 Å². The highest BCUT2D eigenvalue weighted by atomic mass is 79.9. The lowest BCUT2D eigenvalue weighted by Gasteiger charge is -2.10. The summed E-state index contributed by atoms with van der Waals surface area (Å²) in [5.74, 6) is -0.733. The van der Waals surface area contributed by atoms with Crippen LogP contribution in [0, 0.1) is 0 Å². The van der Waals surface area contributed by atoms with Gasteiger partial charge in [0.05, 0.1) is 3.79 Å². The SMILES string of the molecule is CC(NCCCC(=O)O)c1ccc(Br)s1. The van der Waals surface area contributed by atoms with Crippen molar-refractivity contribution < 1.29 is 9.90 Å². The van der Waals surface area contributed by atoms with Crippen molar-refractivity contribution >= 4 is 33.2 Å². The predicted octanol–water partition coefficient (Wildman–Crippen LogP) is 3.03. The first-order valence-corrected chi connectivity index (χ1v) is 6.41. The Labute approximate surface area is 102 Å². The van der Waals surface area contributed by atoms with E-state index in [-0.39, 0.29) is 12.5 Å². The summed E-state index contributed by atoms with van der Waals surface area (Å²) in [6, 6.07) is 4.38. The van der Waals surface area contributed by atoms with Crippen molar-refractivity contribution in [1.29, 1.82) is 0 Å². The first kappa shape index (κ1) is 12.7. The van der Waals surface area contributed by atoms with E-state index in [0.717, 1.165) is 10.3 Å². The molecule has 1 unspecified atom stereocenters. The van der Waals surface area contributed by atoms with Crippen LogP contribution >= 0.6 is 27.3 Å². The Balaban J connectivity index is 2.24. The molecular formula is C10H14BrNO2S. The molecule has 2 N–H and O–H groups in total. The minimum atomic E-state index is -0.733. The van der Waals surface area contributed by atoms with Gasteiger partial charge in [0.15, 0.2) is 0 Å². The van der Waals surface area contributed by atoms with Crippen LogP contribution in [0.4, 0.5) is 0 Å². The second kappa shape index (κ2) is 6.25. The highest BCUT2D eigenvalue weighted by Crippen LogP contribution is 2.26. The van der Waals surface area contributed by atoms with Gasteiger partial charge in [0.1, 0.15) is 0 Å². The maximum Gasteiger partial charge on any atom is 0.303 e. The molecule has 0 aromatic carbocycles. The minimum Gasteiger partial charge on any atom is -0.481 e. The number of carboxylic acid groups (broad SMARTS) is 1. The molecule has 1 heterocycles. The van der Waals surface area contributed by atoms with Gasteiger partial charge in [-0.1, -0.05) is 0 Å². The third-order valence-electron chi connectivity index (χ3n) is 2.04. The lowest BCUT2D eigenvalue weighted by Crippen LogP contribution is -2.19. The summed E-state index contributed by atoms with van der Waals surface area (Å²) < 4.78 is 1.12. The molecule has 0 aliphatic heterocycles. The molecule has 3 nitrogen and oxygen atoms in total. The van der Waals surface area contributed by atoms with Gasteiger partial charge in [-0.25, -0.2) is 0 Å². The van der Waals surface area contributed by atoms with Crippen LogP contribution in [0.3, 0.4) is 0 Å². The molecule has 0 saturated heterocycles. The first-order chi connectivity index (χ1) is 7.09. The van der Waals surface area contributed by atoms with E-state index in [9.17, 15) is 4.79 Å². The Morgan fingerprint density at radius 1 is 1.67 bits per heavy atom. The third-order valence-corrected chi connectivity index (χ3v) is 3.85. The average molecular weight is 292 g/mol. The van der Waals surface area contributed by atoms with E-state index >= 15 is 0 Å². The molecule has 15 heavy (non-hydrogen) atoms. The van der Waals surface area contributed by atoms with Gasteiger partial charge in [-0.05, 0) is 48.0 Å². The molecule has 1 atom stereocenters. The average Bonchev–Trinajstić information content (AvgIpc) is 2.59. The first-order valence-electron chi connectivity index (χ1n) is 4.80. The Kier molecular flexibility index (Phi) is 5.28. The van der Waals surface area contributed by atoms with Gasteiger partial charge in [0.2, 0.25) is 0 Å². The third kappa shape index (κ3) is 4.77. The molecule has 1 aromatic heterocycles. The molecule has 0 saturated carbocycles. The Bertz CT molecular complexity index is 327. The number of thiophene rings is 1. The predicted molar refractivity (Wildman–Crippen MR) is 65.3 cm³/mol. The number of carboxylic acids is 1. The van der Waals surface area contributed by atoms with Crippen LogP contribution in [-0.2, 0) is 4.79 Å². The summed E-state index contributed by atoms with van der Waals surface area (Å²) in [4.78, 5) is 11.5. The van der Waals surface area contributed by atoms with E-state index in [1.165, 1.54) is 4.88 Å². The molecule has 0 aliphatic carbocycles. The molecule has 0 bridgehead atoms. The van der Waals surface area contributed by atoms with E-state index in [4.69, 9.17) is 5.11 Å². The van der Waals surface area contributed by atoms with Crippen molar-refractivity contribution in [2.24, 2.45) is 0 Å². The number of aliphatic carboxylic acids is 1. The smallest absolute Gasteiger partial charge is 0.303 e. The van der Waals surface area contributed by atoms with Gasteiger partial charge >= 0.3 is 5.97 Å². The molecule has 0 spiro atoms. The quantitative estimate of drug-likeness (QED) is 0.792. The topological polar surface area (TPSA) is 49.3 Å². The van der Waals surface area contributed by atoms with Crippen LogP contribution in [0.2, 0.25) is 0 Å². The van der Waals surface area contributed by atoms with Crippen LogP contribution < -0.4 is 5.32 Å². The number of nitrogens with one attached hydrogen (secondary N) is 1. The number of halogens is 1. The van der Waals surface area contributed by atoms with E-state index in [1.807, 2.05) is 6.07 Å². The van der Waals surface area contributed by atoms with Crippen LogP contribution in [0.5, 0.6) is 0 Å². The number of hydrogen-bond acceptors (Lipinski definition) is 3. The summed E-state index contributed by atoms with van der Waals surface area (Å²) in [5, 5.41) is 11.8. The number of rotatable bonds is 6. The van der Waals surface area contributed by atoms with Crippen molar-refractivity contribution in [1.82, 2.24) is 5.32 Å². The molecule has 0 amide bonds. The zero-order valence-corrected chi connectivity index (χ0v) is 10.9. The monoisotopic (exact) mass is 291 g/mol. The van der Waals surface area contributed by atoms with Gasteiger partial charge in [-0.15, -0.1) is 11.3 Å². The lowest BCUT2D eigenvalue weighted by atomic mass is 10.2. The van der Waals surface area contributed by atoms with E-state index in [0.29, 0.717) is 6.42 Å². The van der Waals surface area contributed by atoms with E-state index < -0.39 is 5.97 Å². The fourth-order valence-corrected chi connectivity index (χ4v) is 2.67. The Hall–Kier alpha value is -0.390. The minimum absolute atomic E-state index is 0.230. The second-order valence-corrected chi connectivity index (χ2v) is 5.81. The standard InChI is InChI=1S/C10H14BrNO2S/c1-7(8-4-5-9(11)15-8)12-6-2-3-10(13)14/h4-5,7,12H,2-3,6H2,1H3,(H,13,14). The molecule has 5 heteroatoms. The second-order valence-electron chi connectivity index (χ2n) is 3.31. The van der Waals surface area contributed by atoms with Crippen LogP contribution in [0.1, 0.15) is 30.7 Å². The maximum atomic E-state index is 10.3. The lowest BCUT2D eigenvalue weighted by molar-refractivity contribution is -0.137. The molecule has 1 rings (SSSR count). The summed E-state index contributed by atoms with van der Waals surface area (Å²) in [6.07, 6.45) is 0.903. The fourth-order valence-electron chi connectivity index (χ4n) is 1.22. The molecular weight excluding hydrogens is 278 g/mol. The van der Waals surface area contributed by atoms with Gasteiger partial charge in [-0.2, -0.15) is 0 Å². The molecule has 0 radical (unpaired) electrons. The van der Waals surface area contributed by atoms with Crippen LogP contribution in [0.25, 0.3) is 0 Å². The molecule has 0 fully saturated rings. The highest BCUT2D eigenvalue weighted by molar-refractivity contribution is 9.11. The summed E-state index contributed by atoms with van der Waals surface area (Å²) >= 11 is 5.11. The number of carbonyl (C=O) groups is 1. The maximum absolute atomic E-state index is 10.3.